The molecule has 0 aliphatic carbocycles. The Bertz CT molecular complexity index is 370. The summed E-state index contributed by atoms with van der Waals surface area (Å²) in [4.78, 5) is 27.2. The second-order valence-corrected chi connectivity index (χ2v) is 6.27. The molecule has 0 radical (unpaired) electrons. The summed E-state index contributed by atoms with van der Waals surface area (Å²) in [6, 6.07) is 0.0634. The molecule has 5 nitrogen and oxygen atoms in total. The summed E-state index contributed by atoms with van der Waals surface area (Å²) >= 11 is 0. The number of rotatable bonds is 4. The SMILES string of the molecule is CC(C)CCN(C)C(=O)N1C2CCC1C(C(=O)O)C2. The van der Waals surface area contributed by atoms with Crippen molar-refractivity contribution in [2.24, 2.45) is 11.8 Å². The van der Waals surface area contributed by atoms with E-state index in [-0.39, 0.29) is 24.0 Å². The average molecular weight is 268 g/mol. The number of hydrogen-bond acceptors (Lipinski definition) is 2. The van der Waals surface area contributed by atoms with Crippen LogP contribution in [0.25, 0.3) is 0 Å². The van der Waals surface area contributed by atoms with Crippen molar-refractivity contribution in [3.63, 3.8) is 0 Å². The first-order chi connectivity index (χ1) is 8.91. The maximum Gasteiger partial charge on any atom is 0.320 e. The highest BCUT2D eigenvalue weighted by Gasteiger charge is 2.51. The molecule has 0 aromatic rings. The molecule has 0 aromatic heterocycles. The summed E-state index contributed by atoms with van der Waals surface area (Å²) in [6.45, 7) is 5.01. The van der Waals surface area contributed by atoms with Crippen molar-refractivity contribution in [2.45, 2.75) is 51.6 Å². The van der Waals surface area contributed by atoms with Crippen molar-refractivity contribution < 1.29 is 14.7 Å². The lowest BCUT2D eigenvalue weighted by Crippen LogP contribution is -2.45. The third-order valence-corrected chi connectivity index (χ3v) is 4.44. The molecular formula is C14H24N2O3. The minimum Gasteiger partial charge on any atom is -0.481 e. The first-order valence-corrected chi connectivity index (χ1v) is 7.18. The Balaban J connectivity index is 1.98. The molecule has 2 bridgehead atoms. The van der Waals surface area contributed by atoms with Gasteiger partial charge in [0, 0.05) is 25.7 Å². The van der Waals surface area contributed by atoms with Crippen LogP contribution in [0, 0.1) is 11.8 Å². The summed E-state index contributed by atoms with van der Waals surface area (Å²) in [5.74, 6) is -0.548. The monoisotopic (exact) mass is 268 g/mol. The van der Waals surface area contributed by atoms with Gasteiger partial charge in [-0.25, -0.2) is 4.79 Å². The lowest BCUT2D eigenvalue weighted by molar-refractivity contribution is -0.142. The number of urea groups is 1. The maximum absolute atomic E-state index is 12.4. The first-order valence-electron chi connectivity index (χ1n) is 7.18. The zero-order chi connectivity index (χ0) is 14.2. The zero-order valence-corrected chi connectivity index (χ0v) is 12.0. The van der Waals surface area contributed by atoms with Crippen LogP contribution in [-0.2, 0) is 4.79 Å². The van der Waals surface area contributed by atoms with Gasteiger partial charge in [-0.1, -0.05) is 13.8 Å². The van der Waals surface area contributed by atoms with Gasteiger partial charge in [0.2, 0.25) is 0 Å². The summed E-state index contributed by atoms with van der Waals surface area (Å²) in [5.41, 5.74) is 0. The lowest BCUT2D eigenvalue weighted by atomic mass is 9.89. The number of hydrogen-bond donors (Lipinski definition) is 1. The van der Waals surface area contributed by atoms with Crippen LogP contribution < -0.4 is 0 Å². The van der Waals surface area contributed by atoms with Gasteiger partial charge in [-0.2, -0.15) is 0 Å². The molecule has 2 rings (SSSR count). The number of amides is 2. The largest absolute Gasteiger partial charge is 0.481 e. The zero-order valence-electron chi connectivity index (χ0n) is 12.0. The molecule has 0 saturated carbocycles. The van der Waals surface area contributed by atoms with Gasteiger partial charge in [0.05, 0.1) is 5.92 Å². The molecule has 19 heavy (non-hydrogen) atoms. The molecule has 2 aliphatic heterocycles. The van der Waals surface area contributed by atoms with Crippen LogP contribution in [0.1, 0.15) is 39.5 Å². The Labute approximate surface area is 114 Å². The highest BCUT2D eigenvalue weighted by atomic mass is 16.4. The molecule has 1 N–H and O–H groups in total. The Morgan fingerprint density at radius 1 is 1.37 bits per heavy atom. The molecule has 2 aliphatic rings. The van der Waals surface area contributed by atoms with E-state index in [9.17, 15) is 14.7 Å². The maximum atomic E-state index is 12.4. The van der Waals surface area contributed by atoms with E-state index in [0.29, 0.717) is 12.3 Å². The molecule has 2 fully saturated rings. The van der Waals surface area contributed by atoms with E-state index in [2.05, 4.69) is 13.8 Å². The molecule has 108 valence electrons. The van der Waals surface area contributed by atoms with Gasteiger partial charge in [0.15, 0.2) is 0 Å². The summed E-state index contributed by atoms with van der Waals surface area (Å²) < 4.78 is 0. The van der Waals surface area contributed by atoms with Gasteiger partial charge in [-0.3, -0.25) is 4.79 Å². The van der Waals surface area contributed by atoms with E-state index in [4.69, 9.17) is 0 Å². The number of aliphatic carboxylic acids is 1. The van der Waals surface area contributed by atoms with E-state index >= 15 is 0 Å². The van der Waals surface area contributed by atoms with Crippen LogP contribution in [0.4, 0.5) is 4.79 Å². The van der Waals surface area contributed by atoms with E-state index < -0.39 is 5.97 Å². The van der Waals surface area contributed by atoms with E-state index in [1.165, 1.54) is 0 Å². The number of carboxylic acid groups (broad SMARTS) is 1. The fraction of sp³-hybridized carbons (Fsp3) is 0.857. The van der Waals surface area contributed by atoms with Crippen LogP contribution in [0.15, 0.2) is 0 Å². The molecule has 3 atom stereocenters. The lowest BCUT2D eigenvalue weighted by Gasteiger charge is -2.29. The minimum absolute atomic E-state index is 0.0110. The van der Waals surface area contributed by atoms with E-state index in [1.807, 2.05) is 11.9 Å². The van der Waals surface area contributed by atoms with E-state index in [1.54, 1.807) is 4.90 Å². The smallest absolute Gasteiger partial charge is 0.320 e. The fourth-order valence-corrected chi connectivity index (χ4v) is 3.30. The number of carbonyl (C=O) groups is 2. The topological polar surface area (TPSA) is 60.9 Å². The quantitative estimate of drug-likeness (QED) is 0.848. The van der Waals surface area contributed by atoms with Gasteiger partial charge < -0.3 is 14.9 Å². The van der Waals surface area contributed by atoms with Crippen LogP contribution in [0.5, 0.6) is 0 Å². The predicted octanol–water partition coefficient (Wildman–Crippen LogP) is 2.02. The molecular weight excluding hydrogens is 244 g/mol. The van der Waals surface area contributed by atoms with Gasteiger partial charge in [-0.05, 0) is 31.6 Å². The van der Waals surface area contributed by atoms with Crippen molar-refractivity contribution in [3.05, 3.63) is 0 Å². The van der Waals surface area contributed by atoms with Crippen molar-refractivity contribution in [3.8, 4) is 0 Å². The second-order valence-electron chi connectivity index (χ2n) is 6.27. The third kappa shape index (κ3) is 2.69. The summed E-state index contributed by atoms with van der Waals surface area (Å²) in [5, 5.41) is 9.20. The predicted molar refractivity (Wildman–Crippen MR) is 71.9 cm³/mol. The Kier molecular flexibility index (Phi) is 4.02. The average Bonchev–Trinajstić information content (AvgIpc) is 2.92. The Hall–Kier alpha value is -1.26. The van der Waals surface area contributed by atoms with E-state index in [0.717, 1.165) is 25.8 Å². The van der Waals surface area contributed by atoms with Gasteiger partial charge in [0.25, 0.3) is 0 Å². The molecule has 2 amide bonds. The van der Waals surface area contributed by atoms with Crippen LogP contribution in [-0.4, -0.2) is 52.6 Å². The normalized spacial score (nSPS) is 29.1. The Morgan fingerprint density at radius 3 is 2.58 bits per heavy atom. The van der Waals surface area contributed by atoms with Crippen molar-refractivity contribution in [1.82, 2.24) is 9.80 Å². The number of carboxylic acids is 1. The molecule has 0 spiro atoms. The van der Waals surface area contributed by atoms with Gasteiger partial charge in [0.1, 0.15) is 0 Å². The second kappa shape index (κ2) is 5.39. The van der Waals surface area contributed by atoms with Crippen molar-refractivity contribution in [2.75, 3.05) is 13.6 Å². The van der Waals surface area contributed by atoms with Gasteiger partial charge in [-0.15, -0.1) is 0 Å². The third-order valence-electron chi connectivity index (χ3n) is 4.44. The molecule has 5 heteroatoms. The van der Waals surface area contributed by atoms with Crippen molar-refractivity contribution in [1.29, 1.82) is 0 Å². The van der Waals surface area contributed by atoms with Crippen LogP contribution >= 0.6 is 0 Å². The number of nitrogens with zero attached hydrogens (tertiary/aromatic N) is 2. The summed E-state index contributed by atoms with van der Waals surface area (Å²) in [6.07, 6.45) is 3.40. The molecule has 0 aromatic carbocycles. The van der Waals surface area contributed by atoms with Crippen molar-refractivity contribution >= 4 is 12.0 Å². The summed E-state index contributed by atoms with van der Waals surface area (Å²) in [7, 11) is 1.82. The fourth-order valence-electron chi connectivity index (χ4n) is 3.30. The van der Waals surface area contributed by atoms with Crippen LogP contribution in [0.3, 0.4) is 0 Å². The number of fused-ring (bicyclic) bond motifs is 2. The Morgan fingerprint density at radius 2 is 2.05 bits per heavy atom. The number of carbonyl (C=O) groups excluding carboxylic acids is 1. The standard InChI is InChI=1S/C14H24N2O3/c1-9(2)6-7-15(3)14(19)16-10-4-5-12(16)11(8-10)13(17)18/h9-12H,4-8H2,1-3H3,(H,17,18). The molecule has 2 heterocycles. The van der Waals surface area contributed by atoms with Gasteiger partial charge >= 0.3 is 12.0 Å². The highest BCUT2D eigenvalue weighted by Crippen LogP contribution is 2.42. The minimum atomic E-state index is -0.755. The highest BCUT2D eigenvalue weighted by molar-refractivity contribution is 5.79. The first kappa shape index (κ1) is 14.2. The molecule has 2 saturated heterocycles. The molecule has 3 unspecified atom stereocenters. The van der Waals surface area contributed by atoms with Crippen LogP contribution in [0.2, 0.25) is 0 Å².